The Bertz CT molecular complexity index is 404. The van der Waals surface area contributed by atoms with Crippen molar-refractivity contribution in [2.24, 2.45) is 5.41 Å². The van der Waals surface area contributed by atoms with Gasteiger partial charge in [0.1, 0.15) is 0 Å². The van der Waals surface area contributed by atoms with Crippen molar-refractivity contribution in [3.63, 3.8) is 0 Å². The maximum absolute atomic E-state index is 5.96. The number of rotatable bonds is 5. The molecular weight excluding hydrogens is 268 g/mol. The zero-order chi connectivity index (χ0) is 14.6. The van der Waals surface area contributed by atoms with Gasteiger partial charge in [-0.3, -0.25) is 0 Å². The number of halogens is 1. The summed E-state index contributed by atoms with van der Waals surface area (Å²) in [6.45, 7) is 8.42. The molecule has 1 aromatic carbocycles. The van der Waals surface area contributed by atoms with Crippen LogP contribution in [0, 0.1) is 5.41 Å². The monoisotopic (exact) mass is 294 g/mol. The summed E-state index contributed by atoms with van der Waals surface area (Å²) in [6.07, 6.45) is 3.79. The maximum atomic E-state index is 5.96. The predicted octanol–water partition coefficient (Wildman–Crippen LogP) is 4.11. The molecule has 0 bridgehead atoms. The minimum absolute atomic E-state index is 0.419. The molecule has 3 heteroatoms. The van der Waals surface area contributed by atoms with Gasteiger partial charge >= 0.3 is 0 Å². The fraction of sp³-hybridized carbons (Fsp3) is 0.647. The highest BCUT2D eigenvalue weighted by Gasteiger charge is 2.25. The van der Waals surface area contributed by atoms with Gasteiger partial charge in [0.15, 0.2) is 0 Å². The lowest BCUT2D eigenvalue weighted by molar-refractivity contribution is 0.128. The second-order valence-electron chi connectivity index (χ2n) is 6.69. The summed E-state index contributed by atoms with van der Waals surface area (Å²) in [5.41, 5.74) is 1.86. The summed E-state index contributed by atoms with van der Waals surface area (Å²) in [5.74, 6) is 0. The standard InChI is InChI=1S/C17H27ClN2/c1-17(2)9-12-20(13-10-17)11-8-16(19-3)14-4-6-15(18)7-5-14/h4-7,16,19H,8-13H2,1-3H3. The van der Waals surface area contributed by atoms with Gasteiger partial charge in [-0.1, -0.05) is 37.6 Å². The number of nitrogens with zero attached hydrogens (tertiary/aromatic N) is 1. The SMILES string of the molecule is CNC(CCN1CCC(C)(C)CC1)c1ccc(Cl)cc1. The van der Waals surface area contributed by atoms with Crippen molar-refractivity contribution in [2.75, 3.05) is 26.7 Å². The summed E-state index contributed by atoms with van der Waals surface area (Å²) in [7, 11) is 2.04. The highest BCUT2D eigenvalue weighted by molar-refractivity contribution is 6.30. The molecule has 20 heavy (non-hydrogen) atoms. The van der Waals surface area contributed by atoms with E-state index in [-0.39, 0.29) is 0 Å². The van der Waals surface area contributed by atoms with E-state index in [1.807, 2.05) is 19.2 Å². The van der Waals surface area contributed by atoms with Crippen LogP contribution in [0.25, 0.3) is 0 Å². The second-order valence-corrected chi connectivity index (χ2v) is 7.12. The summed E-state index contributed by atoms with van der Waals surface area (Å²) in [6, 6.07) is 8.63. The summed E-state index contributed by atoms with van der Waals surface area (Å²) in [4.78, 5) is 2.60. The first-order valence-electron chi connectivity index (χ1n) is 7.65. The molecule has 2 nitrogen and oxygen atoms in total. The van der Waals surface area contributed by atoms with Crippen LogP contribution in [0.4, 0.5) is 0 Å². The lowest BCUT2D eigenvalue weighted by Crippen LogP contribution is -2.38. The van der Waals surface area contributed by atoms with E-state index in [1.165, 1.54) is 38.0 Å². The summed E-state index contributed by atoms with van der Waals surface area (Å²) < 4.78 is 0. The van der Waals surface area contributed by atoms with Crippen LogP contribution in [0.2, 0.25) is 5.02 Å². The fourth-order valence-electron chi connectivity index (χ4n) is 2.87. The van der Waals surface area contributed by atoms with Gasteiger partial charge in [0.05, 0.1) is 0 Å². The first kappa shape index (κ1) is 15.8. The second kappa shape index (κ2) is 6.93. The molecule has 1 fully saturated rings. The van der Waals surface area contributed by atoms with E-state index in [0.29, 0.717) is 11.5 Å². The minimum atomic E-state index is 0.419. The zero-order valence-electron chi connectivity index (χ0n) is 13.0. The Labute approximate surface area is 128 Å². The maximum Gasteiger partial charge on any atom is 0.0406 e. The van der Waals surface area contributed by atoms with Crippen molar-refractivity contribution in [1.29, 1.82) is 0 Å². The molecule has 1 saturated heterocycles. The molecule has 0 radical (unpaired) electrons. The molecule has 1 heterocycles. The van der Waals surface area contributed by atoms with Crippen molar-refractivity contribution in [3.8, 4) is 0 Å². The molecule has 0 spiro atoms. The Morgan fingerprint density at radius 2 is 1.80 bits per heavy atom. The summed E-state index contributed by atoms with van der Waals surface area (Å²) >= 11 is 5.96. The van der Waals surface area contributed by atoms with Crippen LogP contribution in [0.3, 0.4) is 0 Å². The van der Waals surface area contributed by atoms with E-state index < -0.39 is 0 Å². The Kier molecular flexibility index (Phi) is 5.48. The molecule has 1 aliphatic heterocycles. The van der Waals surface area contributed by atoms with E-state index >= 15 is 0 Å². The Hall–Kier alpha value is -0.570. The van der Waals surface area contributed by atoms with Gasteiger partial charge in [0.2, 0.25) is 0 Å². The largest absolute Gasteiger partial charge is 0.313 e. The molecule has 0 aliphatic carbocycles. The van der Waals surface area contributed by atoms with Crippen LogP contribution in [-0.2, 0) is 0 Å². The number of nitrogens with one attached hydrogen (secondary N) is 1. The van der Waals surface area contributed by atoms with Crippen molar-refractivity contribution in [2.45, 2.75) is 39.2 Å². The summed E-state index contributed by atoms with van der Waals surface area (Å²) in [5, 5.41) is 4.23. The molecule has 0 aromatic heterocycles. The molecule has 2 rings (SSSR count). The van der Waals surface area contributed by atoms with E-state index in [2.05, 4.69) is 36.2 Å². The number of benzene rings is 1. The van der Waals surface area contributed by atoms with E-state index in [4.69, 9.17) is 11.6 Å². The van der Waals surface area contributed by atoms with Crippen LogP contribution in [-0.4, -0.2) is 31.6 Å². The Morgan fingerprint density at radius 3 is 2.35 bits per heavy atom. The van der Waals surface area contributed by atoms with Gasteiger partial charge < -0.3 is 10.2 Å². The molecule has 1 unspecified atom stereocenters. The van der Waals surface area contributed by atoms with Gasteiger partial charge in [0.25, 0.3) is 0 Å². The first-order valence-corrected chi connectivity index (χ1v) is 8.03. The Balaban J connectivity index is 1.84. The topological polar surface area (TPSA) is 15.3 Å². The first-order chi connectivity index (χ1) is 9.50. The zero-order valence-corrected chi connectivity index (χ0v) is 13.7. The minimum Gasteiger partial charge on any atom is -0.313 e. The van der Waals surface area contributed by atoms with Crippen molar-refractivity contribution in [1.82, 2.24) is 10.2 Å². The van der Waals surface area contributed by atoms with Gasteiger partial charge in [-0.05, 0) is 69.1 Å². The molecule has 0 amide bonds. The molecular formula is C17H27ClN2. The van der Waals surface area contributed by atoms with E-state index in [1.54, 1.807) is 0 Å². The molecule has 1 atom stereocenters. The van der Waals surface area contributed by atoms with Crippen LogP contribution in [0.1, 0.15) is 44.7 Å². The normalized spacial score (nSPS) is 20.8. The molecule has 1 aromatic rings. The number of hydrogen-bond donors (Lipinski definition) is 1. The average Bonchev–Trinajstić information content (AvgIpc) is 2.43. The van der Waals surface area contributed by atoms with Gasteiger partial charge in [-0.15, -0.1) is 0 Å². The van der Waals surface area contributed by atoms with Crippen molar-refractivity contribution in [3.05, 3.63) is 34.9 Å². The predicted molar refractivity (Wildman–Crippen MR) is 87.3 cm³/mol. The molecule has 112 valence electrons. The molecule has 0 saturated carbocycles. The van der Waals surface area contributed by atoms with Crippen LogP contribution in [0.15, 0.2) is 24.3 Å². The number of hydrogen-bond acceptors (Lipinski definition) is 2. The highest BCUT2D eigenvalue weighted by atomic mass is 35.5. The quantitative estimate of drug-likeness (QED) is 0.879. The van der Waals surface area contributed by atoms with Crippen LogP contribution in [0.5, 0.6) is 0 Å². The van der Waals surface area contributed by atoms with Crippen molar-refractivity contribution >= 4 is 11.6 Å². The van der Waals surface area contributed by atoms with Gasteiger partial charge in [0, 0.05) is 11.1 Å². The molecule has 1 N–H and O–H groups in total. The van der Waals surface area contributed by atoms with Gasteiger partial charge in [-0.2, -0.15) is 0 Å². The van der Waals surface area contributed by atoms with E-state index in [9.17, 15) is 0 Å². The number of likely N-dealkylation sites (tertiary alicyclic amines) is 1. The van der Waals surface area contributed by atoms with Crippen molar-refractivity contribution < 1.29 is 0 Å². The smallest absolute Gasteiger partial charge is 0.0406 e. The lowest BCUT2D eigenvalue weighted by atomic mass is 9.82. The molecule has 1 aliphatic rings. The third kappa shape index (κ3) is 4.47. The highest BCUT2D eigenvalue weighted by Crippen LogP contribution is 2.30. The third-order valence-corrected chi connectivity index (χ3v) is 4.82. The van der Waals surface area contributed by atoms with Crippen LogP contribution >= 0.6 is 11.6 Å². The Morgan fingerprint density at radius 1 is 1.20 bits per heavy atom. The van der Waals surface area contributed by atoms with Gasteiger partial charge in [-0.25, -0.2) is 0 Å². The average molecular weight is 295 g/mol. The van der Waals surface area contributed by atoms with E-state index in [0.717, 1.165) is 11.4 Å². The number of piperidine rings is 1. The lowest BCUT2D eigenvalue weighted by Gasteiger charge is -2.37. The fourth-order valence-corrected chi connectivity index (χ4v) is 2.99. The van der Waals surface area contributed by atoms with Crippen LogP contribution < -0.4 is 5.32 Å². The third-order valence-electron chi connectivity index (χ3n) is 4.56.